The summed E-state index contributed by atoms with van der Waals surface area (Å²) in [4.78, 5) is 23.3. The Bertz CT molecular complexity index is 810. The largest absolute Gasteiger partial charge is 0.482 e. The predicted octanol–water partition coefficient (Wildman–Crippen LogP) is 3.78. The highest BCUT2D eigenvalue weighted by Crippen LogP contribution is 2.27. The minimum atomic E-state index is -0.273. The summed E-state index contributed by atoms with van der Waals surface area (Å²) >= 11 is 11.9. The molecule has 1 aromatic carbocycles. The second kappa shape index (κ2) is 9.24. The standard InChI is InChI=1S/C19H22Cl2N4O2/c1-13-9-18(25-7-3-2-4-8-25)24-17(23-13)11-22-19(26)12-27-16-6-5-14(20)10-15(16)21/h5-6,9-10H,2-4,7-8,11-12H2,1H3,(H,22,26). The average Bonchev–Trinajstić information content (AvgIpc) is 2.66. The Kier molecular flexibility index (Phi) is 6.74. The number of nitrogens with zero attached hydrogens (tertiary/aromatic N) is 3. The third-order valence-electron chi connectivity index (χ3n) is 4.26. The van der Waals surface area contributed by atoms with Crippen molar-refractivity contribution in [1.29, 1.82) is 0 Å². The molecule has 1 N–H and O–H groups in total. The molecule has 1 amide bonds. The molecule has 6 nitrogen and oxygen atoms in total. The Morgan fingerprint density at radius 1 is 1.19 bits per heavy atom. The summed E-state index contributed by atoms with van der Waals surface area (Å²) in [7, 11) is 0. The fraction of sp³-hybridized carbons (Fsp3) is 0.421. The molecular weight excluding hydrogens is 387 g/mol. The molecule has 1 aliphatic rings. The van der Waals surface area contributed by atoms with Crippen LogP contribution >= 0.6 is 23.2 Å². The summed E-state index contributed by atoms with van der Waals surface area (Å²) in [6, 6.07) is 6.84. The molecule has 0 saturated carbocycles. The number of piperidine rings is 1. The molecule has 1 saturated heterocycles. The Labute approximate surface area is 168 Å². The molecule has 2 heterocycles. The normalized spacial score (nSPS) is 14.1. The third kappa shape index (κ3) is 5.71. The van der Waals surface area contributed by atoms with Gasteiger partial charge in [0.2, 0.25) is 0 Å². The van der Waals surface area contributed by atoms with Crippen molar-refractivity contribution in [2.45, 2.75) is 32.7 Å². The number of carbonyl (C=O) groups is 1. The number of nitrogens with one attached hydrogen (secondary N) is 1. The number of benzene rings is 1. The molecular formula is C19H22Cl2N4O2. The molecule has 8 heteroatoms. The number of hydrogen-bond acceptors (Lipinski definition) is 5. The number of anilines is 1. The first-order valence-electron chi connectivity index (χ1n) is 8.95. The van der Waals surface area contributed by atoms with E-state index in [1.807, 2.05) is 13.0 Å². The minimum absolute atomic E-state index is 0.147. The lowest BCUT2D eigenvalue weighted by atomic mass is 10.1. The van der Waals surface area contributed by atoms with Gasteiger partial charge >= 0.3 is 0 Å². The van der Waals surface area contributed by atoms with Crippen molar-refractivity contribution in [3.63, 3.8) is 0 Å². The number of carbonyl (C=O) groups excluding carboxylic acids is 1. The smallest absolute Gasteiger partial charge is 0.258 e. The van der Waals surface area contributed by atoms with Crippen molar-refractivity contribution in [3.05, 3.63) is 45.8 Å². The summed E-state index contributed by atoms with van der Waals surface area (Å²) in [6.07, 6.45) is 3.63. The number of ether oxygens (including phenoxy) is 1. The summed E-state index contributed by atoms with van der Waals surface area (Å²) in [5.41, 5.74) is 0.888. The average molecular weight is 409 g/mol. The minimum Gasteiger partial charge on any atom is -0.482 e. The summed E-state index contributed by atoms with van der Waals surface area (Å²) in [6.45, 7) is 4.06. The SMILES string of the molecule is Cc1cc(N2CCCCC2)nc(CNC(=O)COc2ccc(Cl)cc2Cl)n1. The van der Waals surface area contributed by atoms with Gasteiger partial charge in [0.25, 0.3) is 5.91 Å². The van der Waals surface area contributed by atoms with Crippen molar-refractivity contribution < 1.29 is 9.53 Å². The van der Waals surface area contributed by atoms with E-state index in [0.29, 0.717) is 21.6 Å². The molecule has 0 bridgehead atoms. The number of hydrogen-bond donors (Lipinski definition) is 1. The van der Waals surface area contributed by atoms with Gasteiger partial charge < -0.3 is 15.0 Å². The summed E-state index contributed by atoms with van der Waals surface area (Å²) < 4.78 is 5.43. The molecule has 0 spiro atoms. The van der Waals surface area contributed by atoms with Crippen LogP contribution < -0.4 is 15.0 Å². The highest BCUT2D eigenvalue weighted by atomic mass is 35.5. The molecule has 0 radical (unpaired) electrons. The maximum Gasteiger partial charge on any atom is 0.258 e. The second-order valence-corrected chi connectivity index (χ2v) is 7.32. The van der Waals surface area contributed by atoms with Crippen LogP contribution in [-0.2, 0) is 11.3 Å². The number of aromatic nitrogens is 2. The van der Waals surface area contributed by atoms with Gasteiger partial charge in [0.05, 0.1) is 11.6 Å². The van der Waals surface area contributed by atoms with E-state index in [9.17, 15) is 4.79 Å². The van der Waals surface area contributed by atoms with Gasteiger partial charge in [-0.05, 0) is 44.4 Å². The first-order valence-corrected chi connectivity index (χ1v) is 9.71. The van der Waals surface area contributed by atoms with Gasteiger partial charge in [-0.3, -0.25) is 4.79 Å². The van der Waals surface area contributed by atoms with Crippen LogP contribution in [0, 0.1) is 6.92 Å². The highest BCUT2D eigenvalue weighted by Gasteiger charge is 2.14. The Morgan fingerprint density at radius 3 is 2.70 bits per heavy atom. The lowest BCUT2D eigenvalue weighted by molar-refractivity contribution is -0.123. The van der Waals surface area contributed by atoms with E-state index in [-0.39, 0.29) is 19.1 Å². The van der Waals surface area contributed by atoms with Crippen molar-refractivity contribution in [2.75, 3.05) is 24.6 Å². The number of rotatable bonds is 6. The molecule has 27 heavy (non-hydrogen) atoms. The molecule has 0 aliphatic carbocycles. The van der Waals surface area contributed by atoms with Gasteiger partial charge in [-0.1, -0.05) is 23.2 Å². The van der Waals surface area contributed by atoms with Gasteiger partial charge in [-0.2, -0.15) is 0 Å². The Morgan fingerprint density at radius 2 is 1.96 bits per heavy atom. The number of amides is 1. The van der Waals surface area contributed by atoms with Crippen molar-refractivity contribution in [1.82, 2.24) is 15.3 Å². The van der Waals surface area contributed by atoms with Crippen molar-refractivity contribution >= 4 is 34.9 Å². The lowest BCUT2D eigenvalue weighted by Crippen LogP contribution is -2.32. The highest BCUT2D eigenvalue weighted by molar-refractivity contribution is 6.35. The van der Waals surface area contributed by atoms with Crippen LogP contribution in [-0.4, -0.2) is 35.6 Å². The van der Waals surface area contributed by atoms with E-state index >= 15 is 0 Å². The first kappa shape index (κ1) is 19.7. The van der Waals surface area contributed by atoms with Gasteiger partial charge in [0.1, 0.15) is 17.4 Å². The fourth-order valence-corrected chi connectivity index (χ4v) is 3.40. The van der Waals surface area contributed by atoms with E-state index < -0.39 is 0 Å². The molecule has 144 valence electrons. The molecule has 2 aromatic rings. The van der Waals surface area contributed by atoms with E-state index in [4.69, 9.17) is 27.9 Å². The zero-order valence-electron chi connectivity index (χ0n) is 15.2. The molecule has 1 fully saturated rings. The van der Waals surface area contributed by atoms with E-state index in [2.05, 4.69) is 20.2 Å². The van der Waals surface area contributed by atoms with Gasteiger partial charge in [0.15, 0.2) is 6.61 Å². The van der Waals surface area contributed by atoms with Crippen LogP contribution in [0.5, 0.6) is 5.75 Å². The van der Waals surface area contributed by atoms with Gasteiger partial charge in [-0.25, -0.2) is 9.97 Å². The van der Waals surface area contributed by atoms with Crippen LogP contribution in [0.3, 0.4) is 0 Å². The molecule has 1 aromatic heterocycles. The Balaban J connectivity index is 1.54. The van der Waals surface area contributed by atoms with E-state index in [1.54, 1.807) is 18.2 Å². The van der Waals surface area contributed by atoms with E-state index in [1.165, 1.54) is 19.3 Å². The maximum absolute atomic E-state index is 12.1. The van der Waals surface area contributed by atoms with Gasteiger partial charge in [0, 0.05) is 29.9 Å². The van der Waals surface area contributed by atoms with Crippen LogP contribution in [0.25, 0.3) is 0 Å². The lowest BCUT2D eigenvalue weighted by Gasteiger charge is -2.28. The Hall–Kier alpha value is -2.05. The van der Waals surface area contributed by atoms with Crippen molar-refractivity contribution in [3.8, 4) is 5.75 Å². The quantitative estimate of drug-likeness (QED) is 0.787. The number of halogens is 2. The zero-order chi connectivity index (χ0) is 19.2. The monoisotopic (exact) mass is 408 g/mol. The van der Waals surface area contributed by atoms with Crippen LogP contribution in [0.4, 0.5) is 5.82 Å². The van der Waals surface area contributed by atoms with Crippen LogP contribution in [0.1, 0.15) is 30.8 Å². The van der Waals surface area contributed by atoms with Crippen molar-refractivity contribution in [2.24, 2.45) is 0 Å². The zero-order valence-corrected chi connectivity index (χ0v) is 16.7. The van der Waals surface area contributed by atoms with Gasteiger partial charge in [-0.15, -0.1) is 0 Å². The van der Waals surface area contributed by atoms with E-state index in [0.717, 1.165) is 24.6 Å². The first-order chi connectivity index (χ1) is 13.0. The third-order valence-corrected chi connectivity index (χ3v) is 4.79. The topological polar surface area (TPSA) is 67.4 Å². The second-order valence-electron chi connectivity index (χ2n) is 6.47. The summed E-state index contributed by atoms with van der Waals surface area (Å²) in [5.74, 6) is 1.66. The van der Waals surface area contributed by atoms with Crippen LogP contribution in [0.2, 0.25) is 10.0 Å². The molecule has 3 rings (SSSR count). The maximum atomic E-state index is 12.1. The molecule has 0 unspecified atom stereocenters. The number of aryl methyl sites for hydroxylation is 1. The van der Waals surface area contributed by atoms with Crippen LogP contribution in [0.15, 0.2) is 24.3 Å². The summed E-state index contributed by atoms with van der Waals surface area (Å²) in [5, 5.41) is 3.66. The molecule has 0 atom stereocenters. The predicted molar refractivity (Wildman–Crippen MR) is 107 cm³/mol. The fourth-order valence-electron chi connectivity index (χ4n) is 2.94. The molecule has 1 aliphatic heterocycles.